The minimum absolute atomic E-state index is 0.333. The zero-order valence-electron chi connectivity index (χ0n) is 8.49. The monoisotopic (exact) mass is 270 g/mol. The van der Waals surface area contributed by atoms with Crippen LogP contribution in [-0.4, -0.2) is 30.3 Å². The van der Waals surface area contributed by atoms with Crippen LogP contribution in [0.3, 0.4) is 0 Å². The van der Waals surface area contributed by atoms with Gasteiger partial charge in [-0.05, 0) is 30.7 Å². The maximum Gasteiger partial charge on any atom is 0.0959 e. The predicted octanol–water partition coefficient (Wildman–Crippen LogP) is 1.35. The molecule has 0 spiro atoms. The van der Waals surface area contributed by atoms with Crippen LogP contribution in [0.4, 0.5) is 5.69 Å². The normalized spacial score (nSPS) is 25.9. The summed E-state index contributed by atoms with van der Waals surface area (Å²) >= 11 is 3.40. The highest BCUT2D eigenvalue weighted by Crippen LogP contribution is 2.26. The van der Waals surface area contributed by atoms with Crippen LogP contribution in [0, 0.1) is 0 Å². The van der Waals surface area contributed by atoms with Crippen LogP contribution < -0.4 is 10.6 Å². The molecule has 0 saturated carbocycles. The van der Waals surface area contributed by atoms with Gasteiger partial charge in [0.05, 0.1) is 5.60 Å². The van der Waals surface area contributed by atoms with E-state index in [0.29, 0.717) is 13.1 Å². The van der Waals surface area contributed by atoms with Crippen LogP contribution in [0.5, 0.6) is 0 Å². The summed E-state index contributed by atoms with van der Waals surface area (Å²) in [5.41, 5.74) is 5.99. The second kappa shape index (κ2) is 4.12. The van der Waals surface area contributed by atoms with Crippen molar-refractivity contribution in [1.82, 2.24) is 0 Å². The quantitative estimate of drug-likeness (QED) is 0.853. The highest BCUT2D eigenvalue weighted by molar-refractivity contribution is 9.10. The molecule has 3 nitrogen and oxygen atoms in total. The molecule has 3 N–H and O–H groups in total. The first-order valence-electron chi connectivity index (χ1n) is 5.06. The van der Waals surface area contributed by atoms with Gasteiger partial charge in [-0.3, -0.25) is 0 Å². The van der Waals surface area contributed by atoms with E-state index in [2.05, 4.69) is 20.8 Å². The third kappa shape index (κ3) is 2.33. The molecule has 1 unspecified atom stereocenters. The van der Waals surface area contributed by atoms with E-state index in [1.165, 1.54) is 0 Å². The molecule has 0 aliphatic carbocycles. The highest BCUT2D eigenvalue weighted by Gasteiger charge is 2.34. The van der Waals surface area contributed by atoms with Crippen molar-refractivity contribution in [3.05, 3.63) is 28.7 Å². The Morgan fingerprint density at radius 1 is 1.40 bits per heavy atom. The minimum Gasteiger partial charge on any atom is -0.387 e. The van der Waals surface area contributed by atoms with Gasteiger partial charge in [-0.1, -0.05) is 15.9 Å². The third-order valence-electron chi connectivity index (χ3n) is 2.90. The van der Waals surface area contributed by atoms with Crippen molar-refractivity contribution < 1.29 is 5.11 Å². The molecule has 0 amide bonds. The van der Waals surface area contributed by atoms with E-state index in [4.69, 9.17) is 5.73 Å². The summed E-state index contributed by atoms with van der Waals surface area (Å²) in [6.07, 6.45) is 0.750. The number of hydrogen-bond acceptors (Lipinski definition) is 3. The molecule has 1 aliphatic rings. The van der Waals surface area contributed by atoms with E-state index in [1.807, 2.05) is 24.3 Å². The molecule has 82 valence electrons. The Morgan fingerprint density at radius 3 is 2.60 bits per heavy atom. The molecular weight excluding hydrogens is 256 g/mol. The van der Waals surface area contributed by atoms with Crippen LogP contribution in [0.15, 0.2) is 28.7 Å². The minimum atomic E-state index is -0.701. The van der Waals surface area contributed by atoms with Crippen molar-refractivity contribution >= 4 is 21.6 Å². The number of halogens is 1. The number of rotatable bonds is 2. The Kier molecular flexibility index (Phi) is 3.00. The van der Waals surface area contributed by atoms with Gasteiger partial charge in [0, 0.05) is 29.8 Å². The summed E-state index contributed by atoms with van der Waals surface area (Å²) < 4.78 is 1.07. The molecule has 1 aliphatic heterocycles. The van der Waals surface area contributed by atoms with E-state index in [9.17, 15) is 5.11 Å². The Bertz CT molecular complexity index is 341. The van der Waals surface area contributed by atoms with Crippen molar-refractivity contribution in [2.24, 2.45) is 5.73 Å². The van der Waals surface area contributed by atoms with E-state index in [-0.39, 0.29) is 0 Å². The van der Waals surface area contributed by atoms with E-state index in [1.54, 1.807) is 0 Å². The first-order valence-corrected chi connectivity index (χ1v) is 5.85. The summed E-state index contributed by atoms with van der Waals surface area (Å²) in [6.45, 7) is 1.83. The van der Waals surface area contributed by atoms with Gasteiger partial charge in [-0.15, -0.1) is 0 Å². The topological polar surface area (TPSA) is 49.5 Å². The maximum atomic E-state index is 10.0. The zero-order valence-corrected chi connectivity index (χ0v) is 10.1. The Hall–Kier alpha value is -0.580. The number of nitrogens with zero attached hydrogens (tertiary/aromatic N) is 1. The number of β-amino-alcohol motifs (C(OH)–C–C–N with tert-alkyl or cyclic N) is 1. The molecule has 4 heteroatoms. The molecule has 1 atom stereocenters. The summed E-state index contributed by atoms with van der Waals surface area (Å²) in [4.78, 5) is 2.17. The molecule has 0 radical (unpaired) electrons. The number of hydrogen-bond donors (Lipinski definition) is 2. The Labute approximate surface area is 98.0 Å². The second-order valence-corrected chi connectivity index (χ2v) is 4.99. The molecule has 0 aromatic heterocycles. The fraction of sp³-hybridized carbons (Fsp3) is 0.455. The van der Waals surface area contributed by atoms with Crippen molar-refractivity contribution in [3.63, 3.8) is 0 Å². The van der Waals surface area contributed by atoms with Crippen LogP contribution in [0.2, 0.25) is 0 Å². The molecule has 1 aromatic rings. The van der Waals surface area contributed by atoms with Gasteiger partial charge in [-0.25, -0.2) is 0 Å². The fourth-order valence-electron chi connectivity index (χ4n) is 1.90. The lowest BCUT2D eigenvalue weighted by Gasteiger charge is -2.22. The first-order chi connectivity index (χ1) is 7.13. The van der Waals surface area contributed by atoms with Crippen molar-refractivity contribution in [3.8, 4) is 0 Å². The van der Waals surface area contributed by atoms with Crippen molar-refractivity contribution in [2.75, 3.05) is 24.5 Å². The lowest BCUT2D eigenvalue weighted by molar-refractivity contribution is 0.0726. The SMILES string of the molecule is NCC1(O)CCN(c2ccc(Br)cc2)C1. The second-order valence-electron chi connectivity index (χ2n) is 4.08. The summed E-state index contributed by atoms with van der Waals surface area (Å²) in [5, 5.41) is 10.0. The van der Waals surface area contributed by atoms with Crippen LogP contribution in [0.25, 0.3) is 0 Å². The van der Waals surface area contributed by atoms with Gasteiger partial charge < -0.3 is 15.7 Å². The smallest absolute Gasteiger partial charge is 0.0959 e. The number of nitrogens with two attached hydrogens (primary N) is 1. The Morgan fingerprint density at radius 2 is 2.07 bits per heavy atom. The maximum absolute atomic E-state index is 10.0. The summed E-state index contributed by atoms with van der Waals surface area (Å²) in [6, 6.07) is 8.11. The summed E-state index contributed by atoms with van der Waals surface area (Å²) in [5.74, 6) is 0. The van der Waals surface area contributed by atoms with Crippen molar-refractivity contribution in [1.29, 1.82) is 0 Å². The molecule has 1 fully saturated rings. The van der Waals surface area contributed by atoms with Gasteiger partial charge >= 0.3 is 0 Å². The largest absolute Gasteiger partial charge is 0.387 e. The van der Waals surface area contributed by atoms with Crippen LogP contribution in [-0.2, 0) is 0 Å². The molecule has 0 bridgehead atoms. The van der Waals surface area contributed by atoms with Crippen LogP contribution in [0.1, 0.15) is 6.42 Å². The molecule has 1 heterocycles. The molecule has 2 rings (SSSR count). The van der Waals surface area contributed by atoms with Gasteiger partial charge in [0.25, 0.3) is 0 Å². The van der Waals surface area contributed by atoms with Crippen LogP contribution >= 0.6 is 15.9 Å². The van der Waals surface area contributed by atoms with E-state index >= 15 is 0 Å². The lowest BCUT2D eigenvalue weighted by Crippen LogP contribution is -2.40. The molecular formula is C11H15BrN2O. The molecule has 1 aromatic carbocycles. The highest BCUT2D eigenvalue weighted by atomic mass is 79.9. The van der Waals surface area contributed by atoms with Gasteiger partial charge in [0.2, 0.25) is 0 Å². The third-order valence-corrected chi connectivity index (χ3v) is 3.43. The van der Waals surface area contributed by atoms with E-state index < -0.39 is 5.60 Å². The number of aliphatic hydroxyl groups is 1. The lowest BCUT2D eigenvalue weighted by atomic mass is 10.0. The molecule has 15 heavy (non-hydrogen) atoms. The average Bonchev–Trinajstić information content (AvgIpc) is 2.63. The van der Waals surface area contributed by atoms with Crippen molar-refractivity contribution in [2.45, 2.75) is 12.0 Å². The number of benzene rings is 1. The van der Waals surface area contributed by atoms with E-state index in [0.717, 1.165) is 23.1 Å². The standard InChI is InChI=1S/C11H15BrN2O/c12-9-1-3-10(4-2-9)14-6-5-11(15,7-13)8-14/h1-4,15H,5-8,13H2. The summed E-state index contributed by atoms with van der Waals surface area (Å²) in [7, 11) is 0. The number of anilines is 1. The fourth-order valence-corrected chi connectivity index (χ4v) is 2.16. The van der Waals surface area contributed by atoms with Gasteiger partial charge in [-0.2, -0.15) is 0 Å². The molecule has 1 saturated heterocycles. The Balaban J connectivity index is 2.11. The van der Waals surface area contributed by atoms with Gasteiger partial charge in [0.1, 0.15) is 0 Å². The van der Waals surface area contributed by atoms with Gasteiger partial charge in [0.15, 0.2) is 0 Å². The first kappa shape index (κ1) is 10.9. The predicted molar refractivity (Wildman–Crippen MR) is 65.0 cm³/mol. The zero-order chi connectivity index (χ0) is 10.9. The average molecular weight is 271 g/mol.